The fourth-order valence-corrected chi connectivity index (χ4v) is 0.796. The van der Waals surface area contributed by atoms with Gasteiger partial charge in [0.25, 0.3) is 0 Å². The van der Waals surface area contributed by atoms with Crippen LogP contribution in [0.15, 0.2) is 0 Å². The highest BCUT2D eigenvalue weighted by Crippen LogP contribution is 2.12. The van der Waals surface area contributed by atoms with E-state index in [1.807, 2.05) is 0 Å². The molecule has 0 aliphatic heterocycles. The first-order chi connectivity index (χ1) is 7.16. The third-order valence-electron chi connectivity index (χ3n) is 2.01. The normalized spacial score (nSPS) is 12.9. The Kier molecular flexibility index (Phi) is 4.90. The zero-order valence-corrected chi connectivity index (χ0v) is 9.19. The molecule has 0 aromatic rings. The molecule has 0 heterocycles. The van der Waals surface area contributed by atoms with Gasteiger partial charge in [0.1, 0.15) is 0 Å². The van der Waals surface area contributed by atoms with Crippen molar-refractivity contribution in [1.82, 2.24) is 5.32 Å². The van der Waals surface area contributed by atoms with Crippen molar-refractivity contribution in [2.75, 3.05) is 6.54 Å². The van der Waals surface area contributed by atoms with Crippen molar-refractivity contribution in [2.24, 2.45) is 11.1 Å². The molecule has 0 bridgehead atoms. The number of aliphatic carboxylic acids is 2. The Bertz CT molecular complexity index is 300. The Morgan fingerprint density at radius 3 is 2.19 bits per heavy atom. The molecule has 0 saturated carbocycles. The number of rotatable bonds is 6. The molecule has 1 unspecified atom stereocenters. The molecule has 5 N–H and O–H groups in total. The van der Waals surface area contributed by atoms with Crippen LogP contribution in [0, 0.1) is 5.41 Å². The van der Waals surface area contributed by atoms with Gasteiger partial charge < -0.3 is 21.3 Å². The second kappa shape index (κ2) is 5.45. The van der Waals surface area contributed by atoms with Crippen LogP contribution in [0.4, 0.5) is 0 Å². The summed E-state index contributed by atoms with van der Waals surface area (Å²) in [7, 11) is 0. The lowest BCUT2D eigenvalue weighted by molar-refractivity contribution is -0.147. The van der Waals surface area contributed by atoms with Crippen molar-refractivity contribution < 1.29 is 24.6 Å². The van der Waals surface area contributed by atoms with E-state index in [9.17, 15) is 14.4 Å². The van der Waals surface area contributed by atoms with Crippen molar-refractivity contribution in [3.8, 4) is 0 Å². The number of amides is 1. The molecule has 0 saturated heterocycles. The second-order valence-corrected chi connectivity index (χ2v) is 4.11. The summed E-state index contributed by atoms with van der Waals surface area (Å²) in [5, 5.41) is 19.5. The molecule has 0 fully saturated rings. The van der Waals surface area contributed by atoms with Crippen LogP contribution in [0.3, 0.4) is 0 Å². The number of carboxylic acids is 2. The summed E-state index contributed by atoms with van der Waals surface area (Å²) >= 11 is 0. The number of carbonyl (C=O) groups excluding carboxylic acids is 1. The van der Waals surface area contributed by atoms with Gasteiger partial charge in [-0.25, -0.2) is 0 Å². The molecule has 1 amide bonds. The number of carbonyl (C=O) groups is 3. The fraction of sp³-hybridized carbons (Fsp3) is 0.667. The van der Waals surface area contributed by atoms with Crippen LogP contribution in [0.5, 0.6) is 0 Å². The second-order valence-electron chi connectivity index (χ2n) is 4.11. The van der Waals surface area contributed by atoms with Gasteiger partial charge in [-0.3, -0.25) is 14.4 Å². The molecule has 0 aliphatic rings. The summed E-state index contributed by atoms with van der Waals surface area (Å²) in [5.74, 6) is -2.91. The van der Waals surface area contributed by atoms with E-state index >= 15 is 0 Å². The van der Waals surface area contributed by atoms with Gasteiger partial charge in [0.05, 0.1) is 17.9 Å². The Morgan fingerprint density at radius 1 is 1.31 bits per heavy atom. The maximum absolute atomic E-state index is 11.3. The molecule has 0 aromatic carbocycles. The SMILES string of the molecule is CC(C)(CNC(=O)C(N)CC(=O)O)C(=O)O. The van der Waals surface area contributed by atoms with Gasteiger partial charge in [-0.15, -0.1) is 0 Å². The zero-order valence-electron chi connectivity index (χ0n) is 9.19. The molecule has 0 aromatic heterocycles. The average molecular weight is 232 g/mol. The highest BCUT2D eigenvalue weighted by molar-refractivity contribution is 5.86. The van der Waals surface area contributed by atoms with Crippen LogP contribution >= 0.6 is 0 Å². The molecule has 16 heavy (non-hydrogen) atoms. The summed E-state index contributed by atoms with van der Waals surface area (Å²) in [6.45, 7) is 2.78. The van der Waals surface area contributed by atoms with E-state index in [0.29, 0.717) is 0 Å². The smallest absolute Gasteiger partial charge is 0.310 e. The van der Waals surface area contributed by atoms with Gasteiger partial charge in [0.2, 0.25) is 5.91 Å². The lowest BCUT2D eigenvalue weighted by Gasteiger charge is -2.20. The van der Waals surface area contributed by atoms with Crippen LogP contribution in [0.25, 0.3) is 0 Å². The summed E-state index contributed by atoms with van der Waals surface area (Å²) in [6, 6.07) is -1.16. The number of hydrogen-bond acceptors (Lipinski definition) is 4. The summed E-state index contributed by atoms with van der Waals surface area (Å²) in [4.78, 5) is 32.2. The topological polar surface area (TPSA) is 130 Å². The third kappa shape index (κ3) is 4.74. The monoisotopic (exact) mass is 232 g/mol. The van der Waals surface area contributed by atoms with Crippen molar-refractivity contribution in [2.45, 2.75) is 26.3 Å². The summed E-state index contributed by atoms with van der Waals surface area (Å²) < 4.78 is 0. The lowest BCUT2D eigenvalue weighted by atomic mass is 9.94. The minimum atomic E-state index is -1.18. The average Bonchev–Trinajstić information content (AvgIpc) is 2.12. The molecular formula is C9H16N2O5. The van der Waals surface area contributed by atoms with Crippen molar-refractivity contribution >= 4 is 17.8 Å². The minimum Gasteiger partial charge on any atom is -0.481 e. The number of hydrogen-bond donors (Lipinski definition) is 4. The number of nitrogens with two attached hydrogens (primary N) is 1. The van der Waals surface area contributed by atoms with Gasteiger partial charge in [-0.05, 0) is 13.8 Å². The van der Waals surface area contributed by atoms with E-state index in [0.717, 1.165) is 0 Å². The zero-order chi connectivity index (χ0) is 12.9. The van der Waals surface area contributed by atoms with Crippen LogP contribution in [-0.4, -0.2) is 40.6 Å². The highest BCUT2D eigenvalue weighted by atomic mass is 16.4. The summed E-state index contributed by atoms with van der Waals surface area (Å²) in [5.41, 5.74) is 4.17. The molecule has 0 rings (SSSR count). The molecule has 0 aliphatic carbocycles. The van der Waals surface area contributed by atoms with E-state index in [-0.39, 0.29) is 6.54 Å². The van der Waals surface area contributed by atoms with Gasteiger partial charge in [0, 0.05) is 6.54 Å². The summed E-state index contributed by atoms with van der Waals surface area (Å²) in [6.07, 6.45) is -0.487. The van der Waals surface area contributed by atoms with Crippen LogP contribution < -0.4 is 11.1 Å². The van der Waals surface area contributed by atoms with Gasteiger partial charge in [-0.2, -0.15) is 0 Å². The number of carboxylic acid groups (broad SMARTS) is 2. The molecule has 7 heteroatoms. The predicted octanol–water partition coefficient (Wildman–Crippen LogP) is -0.985. The first-order valence-corrected chi connectivity index (χ1v) is 4.65. The van der Waals surface area contributed by atoms with Crippen LogP contribution in [-0.2, 0) is 14.4 Å². The molecular weight excluding hydrogens is 216 g/mol. The molecule has 0 radical (unpaired) electrons. The molecule has 92 valence electrons. The Morgan fingerprint density at radius 2 is 1.81 bits per heavy atom. The van der Waals surface area contributed by atoms with Crippen LogP contribution in [0.1, 0.15) is 20.3 Å². The Balaban J connectivity index is 4.17. The van der Waals surface area contributed by atoms with Crippen molar-refractivity contribution in [1.29, 1.82) is 0 Å². The van der Waals surface area contributed by atoms with E-state index in [1.54, 1.807) is 0 Å². The van der Waals surface area contributed by atoms with Crippen molar-refractivity contribution in [3.63, 3.8) is 0 Å². The van der Waals surface area contributed by atoms with E-state index < -0.39 is 35.7 Å². The van der Waals surface area contributed by atoms with Gasteiger partial charge in [-0.1, -0.05) is 0 Å². The van der Waals surface area contributed by atoms with Crippen molar-refractivity contribution in [3.05, 3.63) is 0 Å². The van der Waals surface area contributed by atoms with Gasteiger partial charge >= 0.3 is 11.9 Å². The Labute approximate surface area is 92.6 Å². The molecule has 1 atom stereocenters. The molecule has 0 spiro atoms. The van der Waals surface area contributed by atoms with Gasteiger partial charge in [0.15, 0.2) is 0 Å². The fourth-order valence-electron chi connectivity index (χ4n) is 0.796. The number of nitrogens with one attached hydrogen (secondary N) is 1. The predicted molar refractivity (Wildman–Crippen MR) is 54.7 cm³/mol. The van der Waals surface area contributed by atoms with Crippen LogP contribution in [0.2, 0.25) is 0 Å². The first-order valence-electron chi connectivity index (χ1n) is 4.65. The lowest BCUT2D eigenvalue weighted by Crippen LogP contribution is -2.46. The quantitative estimate of drug-likeness (QED) is 0.465. The largest absolute Gasteiger partial charge is 0.481 e. The maximum Gasteiger partial charge on any atom is 0.310 e. The highest BCUT2D eigenvalue weighted by Gasteiger charge is 2.28. The Hall–Kier alpha value is -1.63. The molecule has 7 nitrogen and oxygen atoms in total. The van der Waals surface area contributed by atoms with E-state index in [1.165, 1.54) is 13.8 Å². The maximum atomic E-state index is 11.3. The standard InChI is InChI=1S/C9H16N2O5/c1-9(2,8(15)16)4-11-7(14)5(10)3-6(12)13/h5H,3-4,10H2,1-2H3,(H,11,14)(H,12,13)(H,15,16). The third-order valence-corrected chi connectivity index (χ3v) is 2.01. The first kappa shape index (κ1) is 14.4. The van der Waals surface area contributed by atoms with E-state index in [2.05, 4.69) is 5.32 Å². The minimum absolute atomic E-state index is 0.103. The van der Waals surface area contributed by atoms with E-state index in [4.69, 9.17) is 15.9 Å².